The van der Waals surface area contributed by atoms with Gasteiger partial charge < -0.3 is 10.1 Å². The van der Waals surface area contributed by atoms with Crippen LogP contribution in [0.3, 0.4) is 0 Å². The van der Waals surface area contributed by atoms with Crippen molar-refractivity contribution in [2.45, 2.75) is 26.4 Å². The molecule has 0 saturated carbocycles. The fourth-order valence-corrected chi connectivity index (χ4v) is 2.17. The number of benzene rings is 1. The molecule has 0 radical (unpaired) electrons. The van der Waals surface area contributed by atoms with Crippen molar-refractivity contribution in [1.29, 1.82) is 0 Å². The first kappa shape index (κ1) is 11.0. The molecular formula is C12H16BrNO. The van der Waals surface area contributed by atoms with Crippen LogP contribution in [0.5, 0.6) is 5.75 Å². The molecule has 0 spiro atoms. The summed E-state index contributed by atoms with van der Waals surface area (Å²) in [6.07, 6.45) is 1.43. The molecule has 3 heteroatoms. The van der Waals surface area contributed by atoms with Gasteiger partial charge in [-0.15, -0.1) is 0 Å². The Morgan fingerprint density at radius 1 is 1.40 bits per heavy atom. The number of hydrogen-bond acceptors (Lipinski definition) is 2. The average molecular weight is 270 g/mol. The van der Waals surface area contributed by atoms with Gasteiger partial charge in [-0.2, -0.15) is 0 Å². The second-order valence-electron chi connectivity index (χ2n) is 4.05. The zero-order chi connectivity index (χ0) is 10.8. The van der Waals surface area contributed by atoms with Gasteiger partial charge in [-0.25, -0.2) is 0 Å². The molecule has 1 fully saturated rings. The molecule has 2 nitrogen and oxygen atoms in total. The predicted molar refractivity (Wildman–Crippen MR) is 65.5 cm³/mol. The van der Waals surface area contributed by atoms with Gasteiger partial charge in [0.25, 0.3) is 0 Å². The highest BCUT2D eigenvalue weighted by molar-refractivity contribution is 9.10. The number of hydrogen-bond donors (Lipinski definition) is 1. The van der Waals surface area contributed by atoms with Crippen LogP contribution in [0, 0.1) is 13.8 Å². The van der Waals surface area contributed by atoms with Gasteiger partial charge in [0, 0.05) is 16.6 Å². The standard InChI is InChI=1S/C12H16BrNO/c1-8-3-4-11(9(2)12(8)13)15-10-5-6-14-7-10/h3-4,10,14H,5-7H2,1-2H3. The summed E-state index contributed by atoms with van der Waals surface area (Å²) in [6, 6.07) is 4.16. The molecule has 1 heterocycles. The van der Waals surface area contributed by atoms with Gasteiger partial charge in [0.05, 0.1) is 0 Å². The van der Waals surface area contributed by atoms with Crippen molar-refractivity contribution in [3.8, 4) is 5.75 Å². The van der Waals surface area contributed by atoms with Gasteiger partial charge in [-0.05, 0) is 38.4 Å². The lowest BCUT2D eigenvalue weighted by Gasteiger charge is -2.16. The first-order chi connectivity index (χ1) is 7.18. The lowest BCUT2D eigenvalue weighted by Crippen LogP contribution is -2.20. The summed E-state index contributed by atoms with van der Waals surface area (Å²) in [5.41, 5.74) is 2.45. The van der Waals surface area contributed by atoms with E-state index < -0.39 is 0 Å². The summed E-state index contributed by atoms with van der Waals surface area (Å²) in [6.45, 7) is 6.22. The van der Waals surface area contributed by atoms with Crippen LogP contribution in [-0.2, 0) is 0 Å². The molecule has 2 rings (SSSR count). The largest absolute Gasteiger partial charge is 0.489 e. The van der Waals surface area contributed by atoms with Crippen molar-refractivity contribution in [3.05, 3.63) is 27.7 Å². The number of nitrogens with one attached hydrogen (secondary N) is 1. The highest BCUT2D eigenvalue weighted by atomic mass is 79.9. The van der Waals surface area contributed by atoms with E-state index in [0.29, 0.717) is 6.10 Å². The Hall–Kier alpha value is -0.540. The van der Waals surface area contributed by atoms with Gasteiger partial charge in [0.15, 0.2) is 0 Å². The third kappa shape index (κ3) is 2.34. The summed E-state index contributed by atoms with van der Waals surface area (Å²) < 4.78 is 7.11. The van der Waals surface area contributed by atoms with Gasteiger partial charge in [0.1, 0.15) is 11.9 Å². The Kier molecular flexibility index (Phi) is 3.32. The molecule has 1 saturated heterocycles. The smallest absolute Gasteiger partial charge is 0.123 e. The molecule has 0 aliphatic carbocycles. The van der Waals surface area contributed by atoms with E-state index in [4.69, 9.17) is 4.74 Å². The maximum Gasteiger partial charge on any atom is 0.123 e. The topological polar surface area (TPSA) is 21.3 Å². The lowest BCUT2D eigenvalue weighted by atomic mass is 10.1. The maximum atomic E-state index is 5.95. The third-order valence-electron chi connectivity index (χ3n) is 2.84. The normalized spacial score (nSPS) is 20.6. The van der Waals surface area contributed by atoms with Crippen LogP contribution >= 0.6 is 15.9 Å². The van der Waals surface area contributed by atoms with Crippen molar-refractivity contribution in [3.63, 3.8) is 0 Å². The van der Waals surface area contributed by atoms with Crippen molar-refractivity contribution in [2.75, 3.05) is 13.1 Å². The fourth-order valence-electron chi connectivity index (χ4n) is 1.84. The summed E-state index contributed by atoms with van der Waals surface area (Å²) in [7, 11) is 0. The third-order valence-corrected chi connectivity index (χ3v) is 4.06. The Morgan fingerprint density at radius 3 is 2.87 bits per heavy atom. The minimum absolute atomic E-state index is 0.332. The molecule has 1 aromatic rings. The van der Waals surface area contributed by atoms with E-state index in [-0.39, 0.29) is 0 Å². The van der Waals surface area contributed by atoms with Gasteiger partial charge in [-0.1, -0.05) is 22.0 Å². The highest BCUT2D eigenvalue weighted by Crippen LogP contribution is 2.30. The SMILES string of the molecule is Cc1ccc(OC2CCNC2)c(C)c1Br. The molecule has 82 valence electrons. The minimum atomic E-state index is 0.332. The number of halogens is 1. The van der Waals surface area contributed by atoms with Crippen molar-refractivity contribution in [1.82, 2.24) is 5.32 Å². The summed E-state index contributed by atoms with van der Waals surface area (Å²) in [5.74, 6) is 1.00. The van der Waals surface area contributed by atoms with Gasteiger partial charge in [0.2, 0.25) is 0 Å². The molecule has 1 aliphatic heterocycles. The van der Waals surface area contributed by atoms with E-state index >= 15 is 0 Å². The van der Waals surface area contributed by atoms with Crippen molar-refractivity contribution >= 4 is 15.9 Å². The fraction of sp³-hybridized carbons (Fsp3) is 0.500. The quantitative estimate of drug-likeness (QED) is 0.892. The van der Waals surface area contributed by atoms with Gasteiger partial charge in [-0.3, -0.25) is 0 Å². The monoisotopic (exact) mass is 269 g/mol. The zero-order valence-corrected chi connectivity index (χ0v) is 10.7. The molecule has 0 aromatic heterocycles. The van der Waals surface area contributed by atoms with E-state index in [2.05, 4.69) is 47.2 Å². The van der Waals surface area contributed by atoms with Crippen LogP contribution in [0.15, 0.2) is 16.6 Å². The van der Waals surface area contributed by atoms with Crippen LogP contribution < -0.4 is 10.1 Å². The second kappa shape index (κ2) is 4.54. The lowest BCUT2D eigenvalue weighted by molar-refractivity contribution is 0.221. The summed E-state index contributed by atoms with van der Waals surface area (Å²) in [4.78, 5) is 0. The van der Waals surface area contributed by atoms with E-state index in [0.717, 1.165) is 29.7 Å². The molecular weight excluding hydrogens is 254 g/mol. The molecule has 15 heavy (non-hydrogen) atoms. The molecule has 1 aliphatic rings. The van der Waals surface area contributed by atoms with Crippen LogP contribution in [0.2, 0.25) is 0 Å². The number of rotatable bonds is 2. The Bertz CT molecular complexity index is 359. The minimum Gasteiger partial charge on any atom is -0.489 e. The first-order valence-electron chi connectivity index (χ1n) is 5.31. The van der Waals surface area contributed by atoms with Crippen molar-refractivity contribution < 1.29 is 4.74 Å². The summed E-state index contributed by atoms with van der Waals surface area (Å²) in [5, 5.41) is 3.30. The predicted octanol–water partition coefficient (Wildman–Crippen LogP) is 2.81. The summed E-state index contributed by atoms with van der Waals surface area (Å²) >= 11 is 3.58. The molecule has 1 atom stereocenters. The molecule has 1 aromatic carbocycles. The number of aryl methyl sites for hydroxylation is 1. The molecule has 0 bridgehead atoms. The van der Waals surface area contributed by atoms with E-state index in [1.54, 1.807) is 0 Å². The Balaban J connectivity index is 2.17. The molecule has 1 unspecified atom stereocenters. The van der Waals surface area contributed by atoms with Crippen LogP contribution in [0.4, 0.5) is 0 Å². The molecule has 1 N–H and O–H groups in total. The first-order valence-corrected chi connectivity index (χ1v) is 6.11. The van der Waals surface area contributed by atoms with Gasteiger partial charge >= 0.3 is 0 Å². The number of ether oxygens (including phenoxy) is 1. The zero-order valence-electron chi connectivity index (χ0n) is 9.14. The van der Waals surface area contributed by atoms with Crippen molar-refractivity contribution in [2.24, 2.45) is 0 Å². The Morgan fingerprint density at radius 2 is 2.20 bits per heavy atom. The van der Waals surface area contributed by atoms with E-state index in [9.17, 15) is 0 Å². The highest BCUT2D eigenvalue weighted by Gasteiger charge is 2.17. The van der Waals surface area contributed by atoms with Crippen LogP contribution in [0.25, 0.3) is 0 Å². The Labute approximate surface area is 99.1 Å². The van der Waals surface area contributed by atoms with Crippen LogP contribution in [0.1, 0.15) is 17.5 Å². The van der Waals surface area contributed by atoms with Crippen LogP contribution in [-0.4, -0.2) is 19.2 Å². The second-order valence-corrected chi connectivity index (χ2v) is 4.85. The maximum absolute atomic E-state index is 5.95. The average Bonchev–Trinajstić information content (AvgIpc) is 2.72. The van der Waals surface area contributed by atoms with E-state index in [1.807, 2.05) is 0 Å². The molecule has 0 amide bonds. The van der Waals surface area contributed by atoms with E-state index in [1.165, 1.54) is 11.1 Å².